The van der Waals surface area contributed by atoms with Gasteiger partial charge in [-0.2, -0.15) is 0 Å². The van der Waals surface area contributed by atoms with E-state index in [0.29, 0.717) is 12.0 Å². The van der Waals surface area contributed by atoms with Crippen LogP contribution in [0.25, 0.3) is 0 Å². The molecule has 1 aliphatic rings. The third-order valence-corrected chi connectivity index (χ3v) is 1.98. The van der Waals surface area contributed by atoms with E-state index >= 15 is 0 Å². The summed E-state index contributed by atoms with van der Waals surface area (Å²) in [5, 5.41) is 0. The highest BCUT2D eigenvalue weighted by molar-refractivity contribution is 5.77. The fourth-order valence-corrected chi connectivity index (χ4v) is 1.10. The molecule has 2 heteroatoms. The molecule has 0 saturated heterocycles. The molecule has 0 aromatic heterocycles. The van der Waals surface area contributed by atoms with Crippen LogP contribution in [0, 0.1) is 18.3 Å². The van der Waals surface area contributed by atoms with Crippen molar-refractivity contribution < 1.29 is 4.74 Å². The van der Waals surface area contributed by atoms with E-state index in [1.165, 1.54) is 0 Å². The predicted octanol–water partition coefficient (Wildman–Crippen LogP) is 1.85. The van der Waals surface area contributed by atoms with Crippen molar-refractivity contribution in [2.45, 2.75) is 32.7 Å². The molecule has 1 rings (SSSR count). The van der Waals surface area contributed by atoms with Gasteiger partial charge in [0.1, 0.15) is 6.61 Å². The molecule has 0 aromatic rings. The maximum absolute atomic E-state index is 5.38. The first kappa shape index (κ1) is 9.12. The van der Waals surface area contributed by atoms with Crippen LogP contribution >= 0.6 is 0 Å². The Morgan fingerprint density at radius 2 is 2.50 bits per heavy atom. The van der Waals surface area contributed by atoms with Crippen LogP contribution in [-0.2, 0) is 4.74 Å². The molecular weight excluding hydrogens is 150 g/mol. The molecule has 0 N–H and O–H groups in total. The monoisotopic (exact) mass is 165 g/mol. The number of rotatable bonds is 3. The molecule has 0 fully saturated rings. The lowest BCUT2D eigenvalue weighted by Gasteiger charge is -2.06. The van der Waals surface area contributed by atoms with Crippen molar-refractivity contribution in [2.75, 3.05) is 6.61 Å². The summed E-state index contributed by atoms with van der Waals surface area (Å²) >= 11 is 0. The number of nitrogens with zero attached hydrogens (tertiary/aromatic N) is 1. The molecule has 0 aliphatic carbocycles. The van der Waals surface area contributed by atoms with Gasteiger partial charge in [-0.1, -0.05) is 13.8 Å². The molecule has 0 unspecified atom stereocenters. The van der Waals surface area contributed by atoms with Gasteiger partial charge in [-0.15, -0.1) is 12.3 Å². The lowest BCUT2D eigenvalue weighted by Crippen LogP contribution is -2.13. The first-order chi connectivity index (χ1) is 5.74. The molecule has 0 amide bonds. The Labute approximate surface area is 74.0 Å². The van der Waals surface area contributed by atoms with Crippen molar-refractivity contribution in [1.82, 2.24) is 0 Å². The lowest BCUT2D eigenvalue weighted by atomic mass is 10.1. The molecule has 1 atom stereocenters. The summed E-state index contributed by atoms with van der Waals surface area (Å²) in [6.07, 6.45) is 6.66. The molecule has 1 aliphatic heterocycles. The van der Waals surface area contributed by atoms with Gasteiger partial charge in [-0.25, -0.2) is 4.99 Å². The standard InChI is InChI=1S/C10H15NO/c1-4-5-6-10-11-9(7-12-10)8(2)3/h1,8-9H,5-7H2,2-3H3/t9-/m1/s1. The third-order valence-electron chi connectivity index (χ3n) is 1.98. The third kappa shape index (κ3) is 2.27. The minimum atomic E-state index is 0.345. The van der Waals surface area contributed by atoms with Gasteiger partial charge in [-0.3, -0.25) is 0 Å². The largest absolute Gasteiger partial charge is 0.479 e. The lowest BCUT2D eigenvalue weighted by molar-refractivity contribution is 0.286. The second-order valence-corrected chi connectivity index (χ2v) is 3.35. The van der Waals surface area contributed by atoms with Gasteiger partial charge in [0.2, 0.25) is 0 Å². The van der Waals surface area contributed by atoms with Crippen LogP contribution in [0.15, 0.2) is 4.99 Å². The molecule has 66 valence electrons. The summed E-state index contributed by atoms with van der Waals surface area (Å²) in [5.74, 6) is 3.98. The van der Waals surface area contributed by atoms with Crippen molar-refractivity contribution in [3.8, 4) is 12.3 Å². The van der Waals surface area contributed by atoms with E-state index in [0.717, 1.165) is 25.3 Å². The normalized spacial score (nSPS) is 21.8. The van der Waals surface area contributed by atoms with Gasteiger partial charge in [-0.05, 0) is 5.92 Å². The average molecular weight is 165 g/mol. The highest BCUT2D eigenvalue weighted by atomic mass is 16.5. The van der Waals surface area contributed by atoms with Gasteiger partial charge in [0.05, 0.1) is 6.04 Å². The van der Waals surface area contributed by atoms with E-state index in [-0.39, 0.29) is 0 Å². The zero-order chi connectivity index (χ0) is 8.97. The van der Waals surface area contributed by atoms with Crippen LogP contribution in [0.4, 0.5) is 0 Å². The maximum atomic E-state index is 5.38. The number of hydrogen-bond donors (Lipinski definition) is 0. The number of hydrogen-bond acceptors (Lipinski definition) is 2. The fourth-order valence-electron chi connectivity index (χ4n) is 1.10. The van der Waals surface area contributed by atoms with Crippen molar-refractivity contribution in [3.63, 3.8) is 0 Å². The van der Waals surface area contributed by atoms with Crippen molar-refractivity contribution >= 4 is 5.90 Å². The predicted molar refractivity (Wildman–Crippen MR) is 50.1 cm³/mol. The Hall–Kier alpha value is -0.970. The topological polar surface area (TPSA) is 21.6 Å². The number of terminal acetylenes is 1. The summed E-state index contributed by atoms with van der Waals surface area (Å²) in [5.41, 5.74) is 0. The molecule has 0 spiro atoms. The molecule has 0 radical (unpaired) electrons. The number of aliphatic imine (C=N–C) groups is 1. The summed E-state index contributed by atoms with van der Waals surface area (Å²) in [4.78, 5) is 4.42. The molecule has 12 heavy (non-hydrogen) atoms. The minimum absolute atomic E-state index is 0.345. The number of ether oxygens (including phenoxy) is 1. The van der Waals surface area contributed by atoms with Gasteiger partial charge >= 0.3 is 0 Å². The van der Waals surface area contributed by atoms with Gasteiger partial charge in [0, 0.05) is 12.8 Å². The second kappa shape index (κ2) is 4.15. The maximum Gasteiger partial charge on any atom is 0.184 e. The molecule has 0 aromatic carbocycles. The average Bonchev–Trinajstić information content (AvgIpc) is 2.48. The quantitative estimate of drug-likeness (QED) is 0.585. The van der Waals surface area contributed by atoms with Crippen LogP contribution in [0.1, 0.15) is 26.7 Å². The van der Waals surface area contributed by atoms with E-state index < -0.39 is 0 Å². The highest BCUT2D eigenvalue weighted by Gasteiger charge is 2.20. The first-order valence-electron chi connectivity index (χ1n) is 4.37. The van der Waals surface area contributed by atoms with Crippen molar-refractivity contribution in [2.24, 2.45) is 10.9 Å². The molecular formula is C10H15NO. The van der Waals surface area contributed by atoms with Crippen LogP contribution in [0.2, 0.25) is 0 Å². The van der Waals surface area contributed by atoms with E-state index in [1.54, 1.807) is 0 Å². The zero-order valence-corrected chi connectivity index (χ0v) is 7.71. The van der Waals surface area contributed by atoms with Gasteiger partial charge in [0.15, 0.2) is 5.90 Å². The minimum Gasteiger partial charge on any atom is -0.479 e. The molecule has 1 heterocycles. The zero-order valence-electron chi connectivity index (χ0n) is 7.71. The Bertz CT molecular complexity index is 212. The summed E-state index contributed by atoms with van der Waals surface area (Å²) < 4.78 is 5.38. The van der Waals surface area contributed by atoms with Crippen molar-refractivity contribution in [1.29, 1.82) is 0 Å². The highest BCUT2D eigenvalue weighted by Crippen LogP contribution is 2.15. The van der Waals surface area contributed by atoms with Crippen LogP contribution in [-0.4, -0.2) is 18.5 Å². The SMILES string of the molecule is C#CCCC1=N[C@@H](C(C)C)CO1. The van der Waals surface area contributed by atoms with Gasteiger partial charge in [0.25, 0.3) is 0 Å². The Balaban J connectivity index is 2.38. The summed E-state index contributed by atoms with van der Waals surface area (Å²) in [7, 11) is 0. The Morgan fingerprint density at radius 3 is 3.00 bits per heavy atom. The van der Waals surface area contributed by atoms with Gasteiger partial charge < -0.3 is 4.74 Å². The van der Waals surface area contributed by atoms with Crippen molar-refractivity contribution in [3.05, 3.63) is 0 Å². The second-order valence-electron chi connectivity index (χ2n) is 3.35. The van der Waals surface area contributed by atoms with Crippen LogP contribution < -0.4 is 0 Å². The molecule has 0 saturated carbocycles. The van der Waals surface area contributed by atoms with Crippen LogP contribution in [0.3, 0.4) is 0 Å². The smallest absolute Gasteiger partial charge is 0.184 e. The summed E-state index contributed by atoms with van der Waals surface area (Å²) in [6.45, 7) is 5.04. The first-order valence-corrected chi connectivity index (χ1v) is 4.37. The fraction of sp³-hybridized carbons (Fsp3) is 0.700. The summed E-state index contributed by atoms with van der Waals surface area (Å²) in [6, 6.07) is 0.345. The van der Waals surface area contributed by atoms with E-state index in [4.69, 9.17) is 11.2 Å². The van der Waals surface area contributed by atoms with E-state index in [1.807, 2.05) is 0 Å². The Kier molecular flexibility index (Phi) is 3.16. The Morgan fingerprint density at radius 1 is 1.75 bits per heavy atom. The molecule has 0 bridgehead atoms. The molecule has 2 nitrogen and oxygen atoms in total. The van der Waals surface area contributed by atoms with E-state index in [2.05, 4.69) is 24.8 Å². The van der Waals surface area contributed by atoms with Crippen LogP contribution in [0.5, 0.6) is 0 Å². The van der Waals surface area contributed by atoms with E-state index in [9.17, 15) is 0 Å².